The molecule has 0 radical (unpaired) electrons. The van der Waals surface area contributed by atoms with E-state index in [1.165, 1.54) is 11.8 Å². The summed E-state index contributed by atoms with van der Waals surface area (Å²) in [5.74, 6) is -0.364. The first kappa shape index (κ1) is 29.2. The highest BCUT2D eigenvalue weighted by Crippen LogP contribution is 2.27. The van der Waals surface area contributed by atoms with Crippen LogP contribution in [0.3, 0.4) is 0 Å². The number of aryl methyl sites for hydroxylation is 1. The van der Waals surface area contributed by atoms with Gasteiger partial charge < -0.3 is 20.7 Å². The van der Waals surface area contributed by atoms with E-state index in [1.54, 1.807) is 67.8 Å². The summed E-state index contributed by atoms with van der Waals surface area (Å²) in [5, 5.41) is 8.14. The molecule has 208 valence electrons. The molecule has 1 atom stereocenters. The summed E-state index contributed by atoms with van der Waals surface area (Å²) >= 11 is 1.36. The first-order valence-corrected chi connectivity index (χ1v) is 13.9. The molecular weight excluding hydrogens is 534 g/mol. The van der Waals surface area contributed by atoms with Crippen molar-refractivity contribution in [2.45, 2.75) is 24.0 Å². The van der Waals surface area contributed by atoms with E-state index >= 15 is 0 Å². The number of nitrogens with one attached hydrogen (secondary N) is 3. The molecule has 0 heterocycles. The fourth-order valence-electron chi connectivity index (χ4n) is 3.89. The van der Waals surface area contributed by atoms with Gasteiger partial charge >= 0.3 is 0 Å². The van der Waals surface area contributed by atoms with Crippen LogP contribution in [0.2, 0.25) is 0 Å². The lowest BCUT2D eigenvalue weighted by Crippen LogP contribution is -2.30. The van der Waals surface area contributed by atoms with Crippen LogP contribution in [0.25, 0.3) is 6.08 Å². The van der Waals surface area contributed by atoms with Gasteiger partial charge in [-0.1, -0.05) is 54.6 Å². The van der Waals surface area contributed by atoms with Crippen molar-refractivity contribution in [3.8, 4) is 5.75 Å². The Morgan fingerprint density at radius 2 is 1.49 bits per heavy atom. The molecule has 0 aliphatic heterocycles. The van der Waals surface area contributed by atoms with Crippen molar-refractivity contribution < 1.29 is 19.1 Å². The van der Waals surface area contributed by atoms with Gasteiger partial charge in [0.05, 0.1) is 12.4 Å². The summed E-state index contributed by atoms with van der Waals surface area (Å²) in [5.41, 5.74) is 3.50. The SMILES string of the molecule is COc1cccc(NC(=O)C(C)Sc2cccc(NC(=O)/C(=C/c3ccccc3C)NC(=O)c3ccccc3)c2)c1. The zero-order valence-corrected chi connectivity index (χ0v) is 23.8. The van der Waals surface area contributed by atoms with E-state index in [0.29, 0.717) is 22.7 Å². The van der Waals surface area contributed by atoms with Gasteiger partial charge in [0, 0.05) is 27.9 Å². The normalized spacial score (nSPS) is 11.7. The topological polar surface area (TPSA) is 96.5 Å². The number of methoxy groups -OCH3 is 1. The highest BCUT2D eigenvalue weighted by atomic mass is 32.2. The maximum absolute atomic E-state index is 13.4. The second kappa shape index (κ2) is 14.0. The summed E-state index contributed by atoms with van der Waals surface area (Å²) in [6.45, 7) is 3.75. The van der Waals surface area contributed by atoms with Gasteiger partial charge in [-0.05, 0) is 73.5 Å². The highest BCUT2D eigenvalue weighted by molar-refractivity contribution is 8.00. The van der Waals surface area contributed by atoms with E-state index in [2.05, 4.69) is 16.0 Å². The molecule has 0 aromatic heterocycles. The molecule has 4 rings (SSSR count). The second-order valence-corrected chi connectivity index (χ2v) is 10.6. The molecule has 1 unspecified atom stereocenters. The molecule has 0 aliphatic carbocycles. The number of benzene rings is 4. The molecule has 0 aliphatic rings. The van der Waals surface area contributed by atoms with Gasteiger partial charge in [-0.25, -0.2) is 0 Å². The fraction of sp³-hybridized carbons (Fsp3) is 0.121. The van der Waals surface area contributed by atoms with Gasteiger partial charge in [0.1, 0.15) is 11.4 Å². The number of thioether (sulfide) groups is 1. The highest BCUT2D eigenvalue weighted by Gasteiger charge is 2.18. The van der Waals surface area contributed by atoms with Crippen LogP contribution >= 0.6 is 11.8 Å². The van der Waals surface area contributed by atoms with Gasteiger partial charge in [-0.15, -0.1) is 11.8 Å². The lowest BCUT2D eigenvalue weighted by Gasteiger charge is -2.14. The Bertz CT molecular complexity index is 1570. The number of hydrogen-bond acceptors (Lipinski definition) is 5. The largest absolute Gasteiger partial charge is 0.497 e. The third-order valence-electron chi connectivity index (χ3n) is 6.13. The van der Waals surface area contributed by atoms with Crippen molar-refractivity contribution in [2.24, 2.45) is 0 Å². The molecule has 4 aromatic carbocycles. The summed E-state index contributed by atoms with van der Waals surface area (Å²) < 4.78 is 5.22. The standard InChI is InChI=1S/C33H31N3O4S/c1-22-11-7-8-14-25(22)19-30(36-32(38)24-12-5-4-6-13-24)33(39)35-27-16-10-18-29(21-27)41-23(2)31(37)34-26-15-9-17-28(20-26)40-3/h4-21,23H,1-3H3,(H,34,37)(H,35,39)(H,36,38)/b30-19-. The van der Waals surface area contributed by atoms with E-state index in [0.717, 1.165) is 16.0 Å². The van der Waals surface area contributed by atoms with E-state index in [4.69, 9.17) is 4.74 Å². The van der Waals surface area contributed by atoms with E-state index < -0.39 is 11.2 Å². The van der Waals surface area contributed by atoms with Gasteiger partial charge in [-0.2, -0.15) is 0 Å². The Morgan fingerprint density at radius 3 is 2.22 bits per heavy atom. The summed E-state index contributed by atoms with van der Waals surface area (Å²) in [6, 6.07) is 30.7. The van der Waals surface area contributed by atoms with Crippen LogP contribution in [-0.4, -0.2) is 30.1 Å². The minimum Gasteiger partial charge on any atom is -0.497 e. The second-order valence-electron chi connectivity index (χ2n) is 9.20. The van der Waals surface area contributed by atoms with Crippen molar-refractivity contribution in [2.75, 3.05) is 17.7 Å². The molecular formula is C33H31N3O4S. The number of rotatable bonds is 10. The predicted molar refractivity (Wildman–Crippen MR) is 165 cm³/mol. The lowest BCUT2D eigenvalue weighted by molar-refractivity contribution is -0.115. The average molecular weight is 566 g/mol. The van der Waals surface area contributed by atoms with Gasteiger partial charge in [0.25, 0.3) is 11.8 Å². The van der Waals surface area contributed by atoms with Crippen molar-refractivity contribution in [1.82, 2.24) is 5.32 Å². The van der Waals surface area contributed by atoms with Crippen LogP contribution in [0, 0.1) is 6.92 Å². The Labute approximate surface area is 244 Å². The number of carbonyl (C=O) groups is 3. The number of anilines is 2. The predicted octanol–water partition coefficient (Wildman–Crippen LogP) is 6.53. The molecule has 0 saturated carbocycles. The molecule has 3 N–H and O–H groups in total. The smallest absolute Gasteiger partial charge is 0.272 e. The number of ether oxygens (including phenoxy) is 1. The lowest BCUT2D eigenvalue weighted by atomic mass is 10.1. The molecule has 0 saturated heterocycles. The quantitative estimate of drug-likeness (QED) is 0.150. The summed E-state index contributed by atoms with van der Waals surface area (Å²) in [6.07, 6.45) is 1.66. The maximum Gasteiger partial charge on any atom is 0.272 e. The first-order chi connectivity index (χ1) is 19.8. The van der Waals surface area contributed by atoms with E-state index in [-0.39, 0.29) is 17.5 Å². The number of hydrogen-bond donors (Lipinski definition) is 3. The Kier molecular flexibility index (Phi) is 9.96. The zero-order valence-electron chi connectivity index (χ0n) is 23.0. The molecule has 0 bridgehead atoms. The Morgan fingerprint density at radius 1 is 0.805 bits per heavy atom. The molecule has 3 amide bonds. The van der Waals surface area contributed by atoms with Crippen LogP contribution < -0.4 is 20.7 Å². The molecule has 0 fully saturated rings. The third kappa shape index (κ3) is 8.33. The minimum atomic E-state index is -0.469. The van der Waals surface area contributed by atoms with Crippen LogP contribution in [-0.2, 0) is 9.59 Å². The molecule has 7 nitrogen and oxygen atoms in total. The van der Waals surface area contributed by atoms with Crippen LogP contribution in [0.15, 0.2) is 114 Å². The van der Waals surface area contributed by atoms with Crippen molar-refractivity contribution in [3.05, 3.63) is 126 Å². The molecule has 4 aromatic rings. The molecule has 8 heteroatoms. The van der Waals surface area contributed by atoms with Crippen molar-refractivity contribution >= 4 is 46.9 Å². The first-order valence-electron chi connectivity index (χ1n) is 13.0. The zero-order chi connectivity index (χ0) is 29.2. The van der Waals surface area contributed by atoms with E-state index in [9.17, 15) is 14.4 Å². The van der Waals surface area contributed by atoms with Gasteiger partial charge in [0.2, 0.25) is 5.91 Å². The molecule has 0 spiro atoms. The van der Waals surface area contributed by atoms with E-state index in [1.807, 2.05) is 62.4 Å². The summed E-state index contributed by atoms with van der Waals surface area (Å²) in [7, 11) is 1.57. The number of amides is 3. The summed E-state index contributed by atoms with van der Waals surface area (Å²) in [4.78, 5) is 39.9. The monoisotopic (exact) mass is 565 g/mol. The average Bonchev–Trinajstić information content (AvgIpc) is 2.98. The fourth-order valence-corrected chi connectivity index (χ4v) is 4.82. The van der Waals surface area contributed by atoms with Crippen LogP contribution in [0.1, 0.15) is 28.4 Å². The van der Waals surface area contributed by atoms with Crippen molar-refractivity contribution in [1.29, 1.82) is 0 Å². The van der Waals surface area contributed by atoms with Crippen molar-refractivity contribution in [3.63, 3.8) is 0 Å². The van der Waals surface area contributed by atoms with Gasteiger partial charge in [0.15, 0.2) is 0 Å². The number of carbonyl (C=O) groups excluding carboxylic acids is 3. The molecule has 41 heavy (non-hydrogen) atoms. The Balaban J connectivity index is 1.48. The Hall–Kier alpha value is -4.82. The minimum absolute atomic E-state index is 0.109. The van der Waals surface area contributed by atoms with Crippen LogP contribution in [0.4, 0.5) is 11.4 Å². The van der Waals surface area contributed by atoms with Crippen LogP contribution in [0.5, 0.6) is 5.75 Å². The van der Waals surface area contributed by atoms with Gasteiger partial charge in [-0.3, -0.25) is 14.4 Å². The third-order valence-corrected chi connectivity index (χ3v) is 7.22. The maximum atomic E-state index is 13.4.